The number of esters is 1. The Morgan fingerprint density at radius 1 is 0.957 bits per heavy atom. The van der Waals surface area contributed by atoms with Crippen LogP contribution in [0.15, 0.2) is 0 Å². The summed E-state index contributed by atoms with van der Waals surface area (Å²) in [4.78, 5) is 10.8. The third kappa shape index (κ3) is 11.8. The first-order valence-corrected chi connectivity index (χ1v) is 12.3. The molecule has 4 heteroatoms. The van der Waals surface area contributed by atoms with Crippen LogP contribution < -0.4 is 0 Å². The van der Waals surface area contributed by atoms with Crippen molar-refractivity contribution in [3.63, 3.8) is 0 Å². The van der Waals surface area contributed by atoms with E-state index in [0.717, 1.165) is 19.4 Å². The lowest BCUT2D eigenvalue weighted by atomic mass is 10.1. The normalized spacial score (nSPS) is 13.9. The van der Waals surface area contributed by atoms with Crippen LogP contribution in [0.3, 0.4) is 0 Å². The molecule has 0 bridgehead atoms. The predicted molar refractivity (Wildman–Crippen MR) is 101 cm³/mol. The van der Waals surface area contributed by atoms with E-state index in [-0.39, 0.29) is 12.1 Å². The van der Waals surface area contributed by atoms with Crippen LogP contribution in [0, 0.1) is 0 Å². The predicted octanol–water partition coefficient (Wildman–Crippen LogP) is 6.08. The van der Waals surface area contributed by atoms with E-state index in [0.29, 0.717) is 5.04 Å². The Kier molecular flexibility index (Phi) is 11.1. The molecule has 0 aliphatic rings. The minimum absolute atomic E-state index is 0.0694. The zero-order valence-electron chi connectivity index (χ0n) is 16.7. The summed E-state index contributed by atoms with van der Waals surface area (Å²) in [5.41, 5.74) is 0. The summed E-state index contributed by atoms with van der Waals surface area (Å²) in [5.74, 6) is -0.169. The van der Waals surface area contributed by atoms with E-state index in [4.69, 9.17) is 9.16 Å². The molecular formula is C19H40O3Si. The zero-order valence-corrected chi connectivity index (χ0v) is 17.7. The van der Waals surface area contributed by atoms with Gasteiger partial charge in [0, 0.05) is 13.5 Å². The number of hydrogen-bond acceptors (Lipinski definition) is 3. The number of carbonyl (C=O) groups excluding carboxylic acids is 1. The summed E-state index contributed by atoms with van der Waals surface area (Å²) in [7, 11) is -1.55. The van der Waals surface area contributed by atoms with Crippen molar-refractivity contribution in [2.45, 2.75) is 110 Å². The van der Waals surface area contributed by atoms with E-state index in [9.17, 15) is 4.79 Å². The molecule has 0 saturated heterocycles. The maximum absolute atomic E-state index is 10.8. The van der Waals surface area contributed by atoms with Crippen LogP contribution in [0.1, 0.15) is 86.0 Å². The van der Waals surface area contributed by atoms with Gasteiger partial charge in [-0.3, -0.25) is 4.79 Å². The standard InChI is InChI=1S/C19H40O3Si/c1-17(22-18(2)20)15-13-11-9-8-10-12-14-16-21-23(6,7)19(3,4)5/h17H,8-16H2,1-7H3/t17-/m0/s1. The molecule has 23 heavy (non-hydrogen) atoms. The summed E-state index contributed by atoms with van der Waals surface area (Å²) in [6, 6.07) is 0. The number of carbonyl (C=O) groups is 1. The third-order valence-corrected chi connectivity index (χ3v) is 9.43. The van der Waals surface area contributed by atoms with E-state index < -0.39 is 8.32 Å². The molecule has 0 amide bonds. The van der Waals surface area contributed by atoms with Crippen molar-refractivity contribution in [1.82, 2.24) is 0 Å². The van der Waals surface area contributed by atoms with E-state index in [2.05, 4.69) is 33.9 Å². The van der Waals surface area contributed by atoms with Gasteiger partial charge in [-0.05, 0) is 44.3 Å². The second kappa shape index (κ2) is 11.2. The second-order valence-corrected chi connectivity index (χ2v) is 13.1. The second-order valence-electron chi connectivity index (χ2n) is 8.29. The Bertz CT molecular complexity index is 321. The van der Waals surface area contributed by atoms with E-state index in [1.807, 2.05) is 6.92 Å². The highest BCUT2D eigenvalue weighted by Gasteiger charge is 2.36. The van der Waals surface area contributed by atoms with E-state index >= 15 is 0 Å². The van der Waals surface area contributed by atoms with Gasteiger partial charge in [0.25, 0.3) is 0 Å². The van der Waals surface area contributed by atoms with Crippen molar-refractivity contribution in [2.24, 2.45) is 0 Å². The molecular weight excluding hydrogens is 304 g/mol. The van der Waals surface area contributed by atoms with Crippen LogP contribution in [-0.2, 0) is 14.0 Å². The van der Waals surface area contributed by atoms with Gasteiger partial charge in [0.05, 0.1) is 6.10 Å². The molecule has 0 N–H and O–H groups in total. The number of ether oxygens (including phenoxy) is 1. The van der Waals surface area contributed by atoms with Crippen molar-refractivity contribution in [3.05, 3.63) is 0 Å². The third-order valence-electron chi connectivity index (χ3n) is 4.89. The molecule has 3 nitrogen and oxygen atoms in total. The summed E-state index contributed by atoms with van der Waals surface area (Å²) in [6.45, 7) is 15.9. The van der Waals surface area contributed by atoms with Crippen molar-refractivity contribution in [3.8, 4) is 0 Å². The molecule has 0 aromatic carbocycles. The molecule has 0 saturated carbocycles. The fourth-order valence-electron chi connectivity index (χ4n) is 2.30. The lowest BCUT2D eigenvalue weighted by Gasteiger charge is -2.36. The molecule has 0 heterocycles. The van der Waals surface area contributed by atoms with Crippen LogP contribution in [0.4, 0.5) is 0 Å². The first-order chi connectivity index (χ1) is 10.6. The zero-order chi connectivity index (χ0) is 17.9. The molecule has 0 aliphatic heterocycles. The molecule has 0 aromatic rings. The quantitative estimate of drug-likeness (QED) is 0.244. The molecule has 0 rings (SSSR count). The van der Waals surface area contributed by atoms with Gasteiger partial charge in [-0.25, -0.2) is 0 Å². The molecule has 0 aromatic heterocycles. The average molecular weight is 345 g/mol. The van der Waals surface area contributed by atoms with Gasteiger partial charge in [-0.2, -0.15) is 0 Å². The van der Waals surface area contributed by atoms with Gasteiger partial charge in [-0.15, -0.1) is 0 Å². The Labute approximate surface area is 145 Å². The Balaban J connectivity index is 3.43. The van der Waals surface area contributed by atoms with Crippen LogP contribution >= 0.6 is 0 Å². The first-order valence-electron chi connectivity index (χ1n) is 9.37. The number of hydrogen-bond donors (Lipinski definition) is 0. The SMILES string of the molecule is CC(=O)O[C@@H](C)CCCCCCCCCO[Si](C)(C)C(C)(C)C. The highest BCUT2D eigenvalue weighted by Crippen LogP contribution is 2.36. The largest absolute Gasteiger partial charge is 0.463 e. The van der Waals surface area contributed by atoms with Gasteiger partial charge in [0.1, 0.15) is 0 Å². The van der Waals surface area contributed by atoms with Gasteiger partial charge in [-0.1, -0.05) is 52.9 Å². The molecule has 0 radical (unpaired) electrons. The van der Waals surface area contributed by atoms with Crippen molar-refractivity contribution in [2.75, 3.05) is 6.61 Å². The van der Waals surface area contributed by atoms with Crippen LogP contribution in [0.25, 0.3) is 0 Å². The summed E-state index contributed by atoms with van der Waals surface area (Å²) in [6.07, 6.45) is 9.82. The molecule has 0 spiro atoms. The molecule has 0 fully saturated rings. The Morgan fingerprint density at radius 3 is 1.91 bits per heavy atom. The molecule has 0 aliphatic carbocycles. The summed E-state index contributed by atoms with van der Waals surface area (Å²) < 4.78 is 11.3. The highest BCUT2D eigenvalue weighted by atomic mass is 28.4. The number of rotatable bonds is 12. The maximum Gasteiger partial charge on any atom is 0.302 e. The van der Waals surface area contributed by atoms with Gasteiger partial charge >= 0.3 is 5.97 Å². The lowest BCUT2D eigenvalue weighted by molar-refractivity contribution is -0.145. The van der Waals surface area contributed by atoms with E-state index in [1.54, 1.807) is 0 Å². The van der Waals surface area contributed by atoms with E-state index in [1.165, 1.54) is 45.4 Å². The smallest absolute Gasteiger partial charge is 0.302 e. The fourth-order valence-corrected chi connectivity index (χ4v) is 3.39. The lowest BCUT2D eigenvalue weighted by Crippen LogP contribution is -2.40. The maximum atomic E-state index is 10.8. The topological polar surface area (TPSA) is 35.5 Å². The van der Waals surface area contributed by atoms with Crippen LogP contribution in [0.5, 0.6) is 0 Å². The highest BCUT2D eigenvalue weighted by molar-refractivity contribution is 6.74. The van der Waals surface area contributed by atoms with Crippen LogP contribution in [-0.4, -0.2) is 27.0 Å². The average Bonchev–Trinajstić information content (AvgIpc) is 2.38. The van der Waals surface area contributed by atoms with Gasteiger partial charge in [0.2, 0.25) is 0 Å². The molecule has 1 atom stereocenters. The first kappa shape index (κ1) is 22.6. The summed E-state index contributed by atoms with van der Waals surface area (Å²) in [5, 5.41) is 0.316. The number of unbranched alkanes of at least 4 members (excludes halogenated alkanes) is 6. The Morgan fingerprint density at radius 2 is 1.43 bits per heavy atom. The van der Waals surface area contributed by atoms with Gasteiger partial charge in [0.15, 0.2) is 8.32 Å². The minimum atomic E-state index is -1.55. The van der Waals surface area contributed by atoms with Crippen molar-refractivity contribution in [1.29, 1.82) is 0 Å². The monoisotopic (exact) mass is 344 g/mol. The summed E-state index contributed by atoms with van der Waals surface area (Å²) >= 11 is 0. The van der Waals surface area contributed by atoms with Crippen LogP contribution in [0.2, 0.25) is 18.1 Å². The van der Waals surface area contributed by atoms with Crippen molar-refractivity contribution < 1.29 is 14.0 Å². The molecule has 0 unspecified atom stereocenters. The van der Waals surface area contributed by atoms with Crippen molar-refractivity contribution >= 4 is 14.3 Å². The fraction of sp³-hybridized carbons (Fsp3) is 0.947. The van der Waals surface area contributed by atoms with Gasteiger partial charge < -0.3 is 9.16 Å². The Hall–Kier alpha value is -0.353. The molecule has 138 valence electrons. The minimum Gasteiger partial charge on any atom is -0.463 e.